The number of aryl methyl sites for hydroxylation is 2. The van der Waals surface area contributed by atoms with Gasteiger partial charge in [0, 0.05) is 43.9 Å². The van der Waals surface area contributed by atoms with E-state index in [0.29, 0.717) is 43.6 Å². The molecule has 8 nitrogen and oxygen atoms in total. The van der Waals surface area contributed by atoms with E-state index in [1.165, 1.54) is 17.7 Å². The molecule has 2 aromatic carbocycles. The van der Waals surface area contributed by atoms with Gasteiger partial charge in [0.2, 0.25) is 5.91 Å². The van der Waals surface area contributed by atoms with E-state index < -0.39 is 0 Å². The second kappa shape index (κ2) is 10.1. The lowest BCUT2D eigenvalue weighted by atomic mass is 10.1. The number of halogens is 1. The molecule has 1 aliphatic rings. The zero-order valence-electron chi connectivity index (χ0n) is 19.1. The van der Waals surface area contributed by atoms with E-state index in [2.05, 4.69) is 17.2 Å². The van der Waals surface area contributed by atoms with Crippen molar-refractivity contribution in [3.8, 4) is 0 Å². The molecule has 0 spiro atoms. The maximum Gasteiger partial charge on any atom is 0.292 e. The van der Waals surface area contributed by atoms with Crippen molar-refractivity contribution in [2.45, 2.75) is 20.4 Å². The summed E-state index contributed by atoms with van der Waals surface area (Å²) in [6.45, 7) is 6.48. The molecule has 1 saturated heterocycles. The van der Waals surface area contributed by atoms with Crippen molar-refractivity contribution in [2.75, 3.05) is 31.1 Å². The summed E-state index contributed by atoms with van der Waals surface area (Å²) < 4.78 is 1.73. The van der Waals surface area contributed by atoms with Gasteiger partial charge < -0.3 is 9.80 Å². The molecular weight excluding hydrogens is 454 g/mol. The van der Waals surface area contributed by atoms with Crippen LogP contribution in [0.1, 0.15) is 22.4 Å². The van der Waals surface area contributed by atoms with Crippen LogP contribution < -0.4 is 4.90 Å². The van der Waals surface area contributed by atoms with Crippen LogP contribution in [-0.4, -0.2) is 51.7 Å². The van der Waals surface area contributed by atoms with Gasteiger partial charge in [-0.25, -0.2) is 4.68 Å². The van der Waals surface area contributed by atoms with Crippen LogP contribution in [0.3, 0.4) is 0 Å². The second-order valence-electron chi connectivity index (χ2n) is 8.32. The first-order chi connectivity index (χ1) is 16.3. The number of hydrogen-bond acceptors (Lipinski definition) is 5. The number of nitro benzene ring substituents is 1. The molecule has 1 aliphatic heterocycles. The standard InChI is InChI=1S/C25H26ClN5O3/c1-18-7-9-20(10-8-18)17-30-25(26)21(19(2)27-30)11-12-24(32)29-15-13-28(14-16-29)22-5-3-4-6-23(22)31(33)34/h3-12H,13-17H2,1-2H3/b12-11+. The van der Waals surface area contributed by atoms with Gasteiger partial charge >= 0.3 is 0 Å². The fourth-order valence-corrected chi connectivity index (χ4v) is 4.34. The molecule has 176 valence electrons. The van der Waals surface area contributed by atoms with E-state index in [1.54, 1.807) is 33.9 Å². The lowest BCUT2D eigenvalue weighted by molar-refractivity contribution is -0.384. The highest BCUT2D eigenvalue weighted by atomic mass is 35.5. The third-order valence-electron chi connectivity index (χ3n) is 5.97. The Morgan fingerprint density at radius 3 is 2.44 bits per heavy atom. The number of nitrogens with zero attached hydrogens (tertiary/aromatic N) is 5. The van der Waals surface area contributed by atoms with E-state index in [9.17, 15) is 14.9 Å². The molecular formula is C25H26ClN5O3. The molecule has 2 heterocycles. The Morgan fingerprint density at radius 1 is 1.09 bits per heavy atom. The molecule has 3 aromatic rings. The predicted octanol–water partition coefficient (Wildman–Crippen LogP) is 4.47. The lowest BCUT2D eigenvalue weighted by Crippen LogP contribution is -2.48. The van der Waals surface area contributed by atoms with Gasteiger partial charge in [0.1, 0.15) is 10.8 Å². The van der Waals surface area contributed by atoms with Gasteiger partial charge in [-0.2, -0.15) is 5.10 Å². The largest absolute Gasteiger partial charge is 0.362 e. The summed E-state index contributed by atoms with van der Waals surface area (Å²) >= 11 is 6.57. The first-order valence-corrected chi connectivity index (χ1v) is 11.4. The summed E-state index contributed by atoms with van der Waals surface area (Å²) in [7, 11) is 0. The van der Waals surface area contributed by atoms with E-state index in [0.717, 1.165) is 16.8 Å². The minimum atomic E-state index is -0.374. The van der Waals surface area contributed by atoms with Crippen molar-refractivity contribution in [1.82, 2.24) is 14.7 Å². The summed E-state index contributed by atoms with van der Waals surface area (Å²) in [6.07, 6.45) is 3.24. The molecule has 1 fully saturated rings. The van der Waals surface area contributed by atoms with Gasteiger partial charge in [0.15, 0.2) is 0 Å². The number of benzene rings is 2. The number of rotatable bonds is 6. The number of carbonyl (C=O) groups is 1. The van der Waals surface area contributed by atoms with Crippen molar-refractivity contribution in [3.05, 3.63) is 92.3 Å². The van der Waals surface area contributed by atoms with Crippen molar-refractivity contribution in [1.29, 1.82) is 0 Å². The highest BCUT2D eigenvalue weighted by molar-refractivity contribution is 6.31. The topological polar surface area (TPSA) is 84.5 Å². The first-order valence-electron chi connectivity index (χ1n) is 11.1. The van der Waals surface area contributed by atoms with Gasteiger partial charge in [0.25, 0.3) is 5.69 Å². The average molecular weight is 480 g/mol. The van der Waals surface area contributed by atoms with Crippen LogP contribution in [0.4, 0.5) is 11.4 Å². The number of piperazine rings is 1. The summed E-state index contributed by atoms with van der Waals surface area (Å²) in [5.41, 5.74) is 4.42. The summed E-state index contributed by atoms with van der Waals surface area (Å²) in [5.74, 6) is -0.121. The number of carbonyl (C=O) groups excluding carboxylic acids is 1. The third-order valence-corrected chi connectivity index (χ3v) is 6.36. The maximum atomic E-state index is 12.8. The van der Waals surface area contributed by atoms with Crippen molar-refractivity contribution >= 4 is 35.0 Å². The van der Waals surface area contributed by atoms with Crippen LogP contribution in [0.15, 0.2) is 54.6 Å². The smallest absolute Gasteiger partial charge is 0.292 e. The Hall–Kier alpha value is -3.65. The Kier molecular flexibility index (Phi) is 6.98. The first kappa shape index (κ1) is 23.5. The second-order valence-corrected chi connectivity index (χ2v) is 8.68. The van der Waals surface area contributed by atoms with Crippen LogP contribution >= 0.6 is 11.6 Å². The molecule has 1 aromatic heterocycles. The van der Waals surface area contributed by atoms with Gasteiger partial charge in [-0.05, 0) is 31.6 Å². The number of para-hydroxylation sites is 2. The monoisotopic (exact) mass is 479 g/mol. The number of nitro groups is 1. The Bertz CT molecular complexity index is 1230. The predicted molar refractivity (Wildman–Crippen MR) is 133 cm³/mol. The fourth-order valence-electron chi connectivity index (χ4n) is 4.04. The highest BCUT2D eigenvalue weighted by Gasteiger charge is 2.24. The molecule has 9 heteroatoms. The highest BCUT2D eigenvalue weighted by Crippen LogP contribution is 2.28. The zero-order chi connectivity index (χ0) is 24.2. The summed E-state index contributed by atoms with van der Waals surface area (Å²) in [5, 5.41) is 16.3. The number of aromatic nitrogens is 2. The molecule has 0 radical (unpaired) electrons. The Balaban J connectivity index is 1.40. The van der Waals surface area contributed by atoms with Crippen LogP contribution in [0.5, 0.6) is 0 Å². The van der Waals surface area contributed by atoms with E-state index in [4.69, 9.17) is 11.6 Å². The van der Waals surface area contributed by atoms with Crippen LogP contribution in [-0.2, 0) is 11.3 Å². The quantitative estimate of drug-likeness (QED) is 0.296. The van der Waals surface area contributed by atoms with Gasteiger partial charge in [0.05, 0.1) is 17.2 Å². The molecule has 0 N–H and O–H groups in total. The number of anilines is 1. The maximum absolute atomic E-state index is 12.8. The minimum Gasteiger partial charge on any atom is -0.362 e. The van der Waals surface area contributed by atoms with E-state index >= 15 is 0 Å². The van der Waals surface area contributed by atoms with Crippen LogP contribution in [0.2, 0.25) is 5.15 Å². The molecule has 0 unspecified atom stereocenters. The number of hydrogen-bond donors (Lipinski definition) is 0. The molecule has 0 saturated carbocycles. The van der Waals surface area contributed by atoms with E-state index in [-0.39, 0.29) is 16.5 Å². The van der Waals surface area contributed by atoms with Gasteiger partial charge in [-0.1, -0.05) is 53.6 Å². The Morgan fingerprint density at radius 2 is 1.76 bits per heavy atom. The molecule has 1 amide bonds. The Labute approximate surface area is 203 Å². The van der Waals surface area contributed by atoms with Gasteiger partial charge in [-0.3, -0.25) is 14.9 Å². The molecule has 0 aliphatic carbocycles. The lowest BCUT2D eigenvalue weighted by Gasteiger charge is -2.35. The van der Waals surface area contributed by atoms with Crippen molar-refractivity contribution in [3.63, 3.8) is 0 Å². The van der Waals surface area contributed by atoms with Crippen LogP contribution in [0, 0.1) is 24.0 Å². The molecule has 4 rings (SSSR count). The SMILES string of the molecule is Cc1ccc(Cn2nc(C)c(/C=C/C(=O)N3CCN(c4ccccc4[N+](=O)[O-])CC3)c2Cl)cc1. The van der Waals surface area contributed by atoms with Crippen molar-refractivity contribution in [2.24, 2.45) is 0 Å². The summed E-state index contributed by atoms with van der Waals surface area (Å²) in [6, 6.07) is 14.9. The molecule has 0 bridgehead atoms. The number of amides is 1. The van der Waals surface area contributed by atoms with E-state index in [1.807, 2.05) is 30.9 Å². The third kappa shape index (κ3) is 5.12. The minimum absolute atomic E-state index is 0.0786. The van der Waals surface area contributed by atoms with Crippen molar-refractivity contribution < 1.29 is 9.72 Å². The molecule has 34 heavy (non-hydrogen) atoms. The average Bonchev–Trinajstić information content (AvgIpc) is 3.11. The fraction of sp³-hybridized carbons (Fsp3) is 0.280. The molecule has 0 atom stereocenters. The zero-order valence-corrected chi connectivity index (χ0v) is 19.9. The van der Waals surface area contributed by atoms with Crippen LogP contribution in [0.25, 0.3) is 6.08 Å². The normalized spacial score (nSPS) is 14.1. The summed E-state index contributed by atoms with van der Waals surface area (Å²) in [4.78, 5) is 27.4. The van der Waals surface area contributed by atoms with Gasteiger partial charge in [-0.15, -0.1) is 0 Å².